The second-order valence-electron chi connectivity index (χ2n) is 5.43. The molecule has 0 unspecified atom stereocenters. The van der Waals surface area contributed by atoms with Crippen molar-refractivity contribution in [3.63, 3.8) is 0 Å². The van der Waals surface area contributed by atoms with Crippen LogP contribution in [0, 0.1) is 0 Å². The van der Waals surface area contributed by atoms with Gasteiger partial charge in [-0.05, 0) is 25.0 Å². The maximum Gasteiger partial charge on any atom is 0.228 e. The molecule has 0 atom stereocenters. The van der Waals surface area contributed by atoms with E-state index in [0.717, 1.165) is 40.8 Å². The second kappa shape index (κ2) is 5.42. The van der Waals surface area contributed by atoms with Gasteiger partial charge in [0.05, 0.1) is 7.11 Å². The molecular formula is C16H17N5O2. The molecule has 0 aliphatic heterocycles. The Bertz CT molecular complexity index is 857. The van der Waals surface area contributed by atoms with Gasteiger partial charge in [-0.3, -0.25) is 0 Å². The SMILES string of the molecule is CNc1ccc2c(-c3c(OC)ncnc3OC3CC3)c[nH]c2n1. The van der Waals surface area contributed by atoms with Gasteiger partial charge in [0.15, 0.2) is 0 Å². The van der Waals surface area contributed by atoms with Gasteiger partial charge in [0.2, 0.25) is 11.8 Å². The molecular weight excluding hydrogens is 294 g/mol. The summed E-state index contributed by atoms with van der Waals surface area (Å²) in [6.07, 6.45) is 5.72. The quantitative estimate of drug-likeness (QED) is 0.753. The highest BCUT2D eigenvalue weighted by Gasteiger charge is 2.28. The smallest absolute Gasteiger partial charge is 0.228 e. The van der Waals surface area contributed by atoms with Crippen molar-refractivity contribution in [3.8, 4) is 22.9 Å². The Balaban J connectivity index is 1.89. The Labute approximate surface area is 133 Å². The van der Waals surface area contributed by atoms with Crippen LogP contribution in [0.15, 0.2) is 24.7 Å². The van der Waals surface area contributed by atoms with Crippen LogP contribution in [0.25, 0.3) is 22.2 Å². The number of H-pyrrole nitrogens is 1. The van der Waals surface area contributed by atoms with E-state index >= 15 is 0 Å². The topological polar surface area (TPSA) is 85.0 Å². The predicted octanol–water partition coefficient (Wildman–Crippen LogP) is 2.61. The fourth-order valence-electron chi connectivity index (χ4n) is 2.52. The molecule has 1 aliphatic carbocycles. The van der Waals surface area contributed by atoms with Gasteiger partial charge in [0.1, 0.15) is 29.5 Å². The molecule has 7 heteroatoms. The first kappa shape index (κ1) is 13.8. The summed E-state index contributed by atoms with van der Waals surface area (Å²) in [4.78, 5) is 16.2. The van der Waals surface area contributed by atoms with Crippen LogP contribution in [0.3, 0.4) is 0 Å². The third-order valence-corrected chi connectivity index (χ3v) is 3.84. The van der Waals surface area contributed by atoms with Crippen LogP contribution in [0.2, 0.25) is 0 Å². The highest BCUT2D eigenvalue weighted by Crippen LogP contribution is 2.41. The van der Waals surface area contributed by atoms with E-state index in [1.807, 2.05) is 25.4 Å². The summed E-state index contributed by atoms with van der Waals surface area (Å²) in [5.74, 6) is 1.85. The summed E-state index contributed by atoms with van der Waals surface area (Å²) in [6.45, 7) is 0. The molecule has 0 amide bonds. The number of nitrogens with zero attached hydrogens (tertiary/aromatic N) is 3. The summed E-state index contributed by atoms with van der Waals surface area (Å²) in [5, 5.41) is 4.00. The molecule has 0 radical (unpaired) electrons. The van der Waals surface area contributed by atoms with Crippen LogP contribution in [-0.4, -0.2) is 40.2 Å². The van der Waals surface area contributed by atoms with Gasteiger partial charge in [-0.1, -0.05) is 0 Å². The first-order valence-electron chi connectivity index (χ1n) is 7.52. The second-order valence-corrected chi connectivity index (χ2v) is 5.43. The van der Waals surface area contributed by atoms with Gasteiger partial charge in [0, 0.05) is 24.2 Å². The number of hydrogen-bond acceptors (Lipinski definition) is 6. The van der Waals surface area contributed by atoms with Crippen molar-refractivity contribution in [2.24, 2.45) is 0 Å². The van der Waals surface area contributed by atoms with Crippen LogP contribution in [0.4, 0.5) is 5.82 Å². The zero-order chi connectivity index (χ0) is 15.8. The van der Waals surface area contributed by atoms with Crippen molar-refractivity contribution in [2.45, 2.75) is 18.9 Å². The van der Waals surface area contributed by atoms with Crippen molar-refractivity contribution >= 4 is 16.9 Å². The minimum absolute atomic E-state index is 0.243. The van der Waals surface area contributed by atoms with E-state index in [1.54, 1.807) is 7.11 Å². The maximum absolute atomic E-state index is 5.94. The number of aromatic amines is 1. The average Bonchev–Trinajstić information content (AvgIpc) is 3.31. The van der Waals surface area contributed by atoms with E-state index in [0.29, 0.717) is 11.8 Å². The third-order valence-electron chi connectivity index (χ3n) is 3.84. The summed E-state index contributed by atoms with van der Waals surface area (Å²) in [6, 6.07) is 3.94. The van der Waals surface area contributed by atoms with Crippen molar-refractivity contribution < 1.29 is 9.47 Å². The molecule has 0 spiro atoms. The van der Waals surface area contributed by atoms with Crippen LogP contribution in [-0.2, 0) is 0 Å². The number of ether oxygens (including phenoxy) is 2. The van der Waals surface area contributed by atoms with E-state index in [-0.39, 0.29) is 6.10 Å². The van der Waals surface area contributed by atoms with E-state index in [9.17, 15) is 0 Å². The largest absolute Gasteiger partial charge is 0.480 e. The number of fused-ring (bicyclic) bond motifs is 1. The first-order chi connectivity index (χ1) is 11.3. The number of nitrogens with one attached hydrogen (secondary N) is 2. The summed E-state index contributed by atoms with van der Waals surface area (Å²) < 4.78 is 11.4. The molecule has 118 valence electrons. The molecule has 4 rings (SSSR count). The Morgan fingerprint density at radius 1 is 1.22 bits per heavy atom. The number of hydrogen-bond donors (Lipinski definition) is 2. The lowest BCUT2D eigenvalue weighted by molar-refractivity contribution is 0.288. The van der Waals surface area contributed by atoms with Gasteiger partial charge in [-0.2, -0.15) is 0 Å². The molecule has 1 fully saturated rings. The molecule has 1 aliphatic rings. The fourth-order valence-corrected chi connectivity index (χ4v) is 2.52. The lowest BCUT2D eigenvalue weighted by Crippen LogP contribution is -2.03. The monoisotopic (exact) mass is 311 g/mol. The van der Waals surface area contributed by atoms with E-state index in [4.69, 9.17) is 9.47 Å². The lowest BCUT2D eigenvalue weighted by Gasteiger charge is -2.12. The van der Waals surface area contributed by atoms with E-state index < -0.39 is 0 Å². The number of anilines is 1. The van der Waals surface area contributed by atoms with Gasteiger partial charge >= 0.3 is 0 Å². The zero-order valence-electron chi connectivity index (χ0n) is 13.0. The minimum Gasteiger partial charge on any atom is -0.480 e. The van der Waals surface area contributed by atoms with Crippen molar-refractivity contribution in [1.82, 2.24) is 19.9 Å². The molecule has 7 nitrogen and oxygen atoms in total. The van der Waals surface area contributed by atoms with Gasteiger partial charge in [-0.15, -0.1) is 0 Å². The molecule has 3 aromatic rings. The Morgan fingerprint density at radius 3 is 2.78 bits per heavy atom. The molecule has 1 saturated carbocycles. The number of aromatic nitrogens is 4. The Morgan fingerprint density at radius 2 is 2.04 bits per heavy atom. The van der Waals surface area contributed by atoms with Gasteiger partial charge in [-0.25, -0.2) is 15.0 Å². The fraction of sp³-hybridized carbons (Fsp3) is 0.312. The highest BCUT2D eigenvalue weighted by molar-refractivity contribution is 5.96. The average molecular weight is 311 g/mol. The molecule has 3 heterocycles. The van der Waals surface area contributed by atoms with E-state index in [2.05, 4.69) is 25.3 Å². The van der Waals surface area contributed by atoms with Crippen LogP contribution in [0.5, 0.6) is 11.8 Å². The number of methoxy groups -OCH3 is 1. The highest BCUT2D eigenvalue weighted by atomic mass is 16.5. The van der Waals surface area contributed by atoms with Crippen molar-refractivity contribution in [1.29, 1.82) is 0 Å². The van der Waals surface area contributed by atoms with E-state index in [1.165, 1.54) is 6.33 Å². The molecule has 0 aromatic carbocycles. The molecule has 23 heavy (non-hydrogen) atoms. The number of rotatable bonds is 5. The molecule has 3 aromatic heterocycles. The van der Waals surface area contributed by atoms with Crippen molar-refractivity contribution in [3.05, 3.63) is 24.7 Å². The molecule has 0 bridgehead atoms. The lowest BCUT2D eigenvalue weighted by atomic mass is 10.1. The summed E-state index contributed by atoms with van der Waals surface area (Å²) >= 11 is 0. The van der Waals surface area contributed by atoms with Crippen molar-refractivity contribution in [2.75, 3.05) is 19.5 Å². The normalized spacial score (nSPS) is 14.0. The number of pyridine rings is 1. The Hall–Kier alpha value is -2.83. The van der Waals surface area contributed by atoms with Crippen LogP contribution < -0.4 is 14.8 Å². The Kier molecular flexibility index (Phi) is 3.25. The van der Waals surface area contributed by atoms with Crippen LogP contribution in [0.1, 0.15) is 12.8 Å². The summed E-state index contributed by atoms with van der Waals surface area (Å²) in [5.41, 5.74) is 2.46. The predicted molar refractivity (Wildman–Crippen MR) is 86.9 cm³/mol. The minimum atomic E-state index is 0.243. The molecule has 2 N–H and O–H groups in total. The van der Waals surface area contributed by atoms with Gasteiger partial charge in [0.25, 0.3) is 0 Å². The third kappa shape index (κ3) is 2.44. The maximum atomic E-state index is 5.94. The standard InChI is InChI=1S/C16H17N5O2/c1-17-12-6-5-10-11(7-18-14(10)21-12)13-15(22-2)19-8-20-16(13)23-9-3-4-9/h5-9H,3-4H2,1-2H3,(H2,17,18,21). The molecule has 0 saturated heterocycles. The summed E-state index contributed by atoms with van der Waals surface area (Å²) in [7, 11) is 3.44. The van der Waals surface area contributed by atoms with Crippen LogP contribution >= 0.6 is 0 Å². The van der Waals surface area contributed by atoms with Gasteiger partial charge < -0.3 is 19.8 Å². The zero-order valence-corrected chi connectivity index (χ0v) is 13.0. The first-order valence-corrected chi connectivity index (χ1v) is 7.52.